The van der Waals surface area contributed by atoms with Crippen LogP contribution in [-0.4, -0.2) is 40.6 Å². The molecule has 0 spiro atoms. The molecule has 5 heteroatoms. The highest BCUT2D eigenvalue weighted by atomic mass is 16.5. The van der Waals surface area contributed by atoms with E-state index in [2.05, 4.69) is 0 Å². The Hall–Kier alpha value is -2.04. The summed E-state index contributed by atoms with van der Waals surface area (Å²) in [6, 6.07) is 7.52. The third kappa shape index (κ3) is 4.21. The van der Waals surface area contributed by atoms with Crippen molar-refractivity contribution in [3.05, 3.63) is 29.8 Å². The second-order valence-electron chi connectivity index (χ2n) is 5.29. The van der Waals surface area contributed by atoms with Crippen LogP contribution in [0, 0.1) is 0 Å². The second kappa shape index (κ2) is 7.11. The predicted octanol–water partition coefficient (Wildman–Crippen LogP) is 2.34. The lowest BCUT2D eigenvalue weighted by molar-refractivity contribution is -0.157. The minimum absolute atomic E-state index is 0.169. The maximum Gasteiger partial charge on any atom is 0.329 e. The van der Waals surface area contributed by atoms with Gasteiger partial charge in [-0.15, -0.1) is 0 Å². The summed E-state index contributed by atoms with van der Waals surface area (Å²) in [6.07, 6.45) is 0.887. The van der Waals surface area contributed by atoms with Gasteiger partial charge in [-0.1, -0.05) is 19.1 Å². The number of aryl methyl sites for hydroxylation is 1. The molecule has 0 aliphatic heterocycles. The van der Waals surface area contributed by atoms with Crippen molar-refractivity contribution in [1.82, 2.24) is 4.90 Å². The van der Waals surface area contributed by atoms with Crippen molar-refractivity contribution in [1.29, 1.82) is 0 Å². The van der Waals surface area contributed by atoms with Gasteiger partial charge >= 0.3 is 5.97 Å². The van der Waals surface area contributed by atoms with Crippen molar-refractivity contribution in [2.24, 2.45) is 0 Å². The van der Waals surface area contributed by atoms with Gasteiger partial charge in [0, 0.05) is 6.54 Å². The van der Waals surface area contributed by atoms with Crippen LogP contribution in [0.25, 0.3) is 0 Å². The van der Waals surface area contributed by atoms with Gasteiger partial charge in [0.25, 0.3) is 5.91 Å². The average Bonchev–Trinajstić information content (AvgIpc) is 2.45. The van der Waals surface area contributed by atoms with Crippen molar-refractivity contribution < 1.29 is 19.4 Å². The summed E-state index contributed by atoms with van der Waals surface area (Å²) in [5.41, 5.74) is -0.126. The van der Waals surface area contributed by atoms with E-state index >= 15 is 0 Å². The number of carbonyl (C=O) groups is 2. The van der Waals surface area contributed by atoms with E-state index in [1.807, 2.05) is 25.1 Å². The first-order valence-electron chi connectivity index (χ1n) is 7.08. The summed E-state index contributed by atoms with van der Waals surface area (Å²) in [5, 5.41) is 9.21. The average molecular weight is 293 g/mol. The fourth-order valence-corrected chi connectivity index (χ4v) is 2.08. The lowest BCUT2D eigenvalue weighted by Crippen LogP contribution is -2.54. The molecule has 5 nitrogen and oxygen atoms in total. The molecule has 1 aromatic rings. The maximum atomic E-state index is 12.2. The van der Waals surface area contributed by atoms with Gasteiger partial charge in [0.2, 0.25) is 0 Å². The van der Waals surface area contributed by atoms with Crippen molar-refractivity contribution in [2.45, 2.75) is 39.7 Å². The van der Waals surface area contributed by atoms with Gasteiger partial charge in [0.1, 0.15) is 11.3 Å². The Labute approximate surface area is 125 Å². The zero-order valence-corrected chi connectivity index (χ0v) is 13.0. The topological polar surface area (TPSA) is 66.8 Å². The highest BCUT2D eigenvalue weighted by molar-refractivity contribution is 5.87. The summed E-state index contributed by atoms with van der Waals surface area (Å²) in [5.74, 6) is -0.760. The molecule has 0 bridgehead atoms. The van der Waals surface area contributed by atoms with E-state index in [9.17, 15) is 14.7 Å². The third-order valence-corrected chi connectivity index (χ3v) is 3.48. The number of carbonyl (C=O) groups excluding carboxylic acids is 1. The Bertz CT molecular complexity index is 511. The largest absolute Gasteiger partial charge is 0.484 e. The van der Waals surface area contributed by atoms with Gasteiger partial charge in [0.05, 0.1) is 0 Å². The van der Waals surface area contributed by atoms with Gasteiger partial charge in [-0.25, -0.2) is 4.79 Å². The van der Waals surface area contributed by atoms with E-state index in [1.54, 1.807) is 13.0 Å². The minimum Gasteiger partial charge on any atom is -0.484 e. The molecule has 0 aromatic heterocycles. The number of hydrogen-bond donors (Lipinski definition) is 1. The van der Waals surface area contributed by atoms with E-state index in [0.29, 0.717) is 12.3 Å². The minimum atomic E-state index is -1.25. The molecular formula is C16H23NO4. The molecular weight excluding hydrogens is 270 g/mol. The van der Waals surface area contributed by atoms with Crippen molar-refractivity contribution in [3.8, 4) is 5.75 Å². The zero-order chi connectivity index (χ0) is 16.0. The van der Waals surface area contributed by atoms with Gasteiger partial charge in [-0.05, 0) is 44.9 Å². The van der Waals surface area contributed by atoms with Crippen LogP contribution in [0.3, 0.4) is 0 Å². The fourth-order valence-electron chi connectivity index (χ4n) is 2.08. The summed E-state index contributed by atoms with van der Waals surface area (Å²) in [4.78, 5) is 24.7. The molecule has 0 atom stereocenters. The highest BCUT2D eigenvalue weighted by Crippen LogP contribution is 2.17. The van der Waals surface area contributed by atoms with Crippen molar-refractivity contribution >= 4 is 11.9 Å². The quantitative estimate of drug-likeness (QED) is 0.838. The summed E-state index contributed by atoms with van der Waals surface area (Å²) in [7, 11) is 0. The SMILES string of the molecule is CCc1cccc(OCC(=O)N(CC)C(C)(C)C(=O)O)c1. The Morgan fingerprint density at radius 1 is 1.29 bits per heavy atom. The van der Waals surface area contributed by atoms with Crippen LogP contribution in [0.4, 0.5) is 0 Å². The van der Waals surface area contributed by atoms with E-state index < -0.39 is 11.5 Å². The van der Waals surface area contributed by atoms with Crippen LogP contribution < -0.4 is 4.74 Å². The number of nitrogens with zero attached hydrogens (tertiary/aromatic N) is 1. The Kier molecular flexibility index (Phi) is 5.76. The Morgan fingerprint density at radius 3 is 2.48 bits per heavy atom. The Balaban J connectivity index is 2.73. The van der Waals surface area contributed by atoms with E-state index in [4.69, 9.17) is 4.74 Å². The van der Waals surface area contributed by atoms with Crippen molar-refractivity contribution in [3.63, 3.8) is 0 Å². The molecule has 0 saturated heterocycles. The van der Waals surface area contributed by atoms with Crippen LogP contribution in [0.15, 0.2) is 24.3 Å². The molecule has 0 heterocycles. The molecule has 1 aromatic carbocycles. The van der Waals surface area contributed by atoms with Gasteiger partial charge in [-0.2, -0.15) is 0 Å². The summed E-state index contributed by atoms with van der Waals surface area (Å²) >= 11 is 0. The third-order valence-electron chi connectivity index (χ3n) is 3.48. The number of carboxylic acids is 1. The first-order chi connectivity index (χ1) is 9.82. The first-order valence-corrected chi connectivity index (χ1v) is 7.08. The number of benzene rings is 1. The summed E-state index contributed by atoms with van der Waals surface area (Å²) in [6.45, 7) is 6.95. The van der Waals surface area contributed by atoms with E-state index in [1.165, 1.54) is 18.7 Å². The van der Waals surface area contributed by atoms with Crippen LogP contribution in [0.2, 0.25) is 0 Å². The van der Waals surface area contributed by atoms with Crippen LogP contribution >= 0.6 is 0 Å². The van der Waals surface area contributed by atoms with E-state index in [0.717, 1.165) is 12.0 Å². The molecule has 1 amide bonds. The van der Waals surface area contributed by atoms with Gasteiger partial charge in [-0.3, -0.25) is 4.79 Å². The van der Waals surface area contributed by atoms with Crippen molar-refractivity contribution in [2.75, 3.05) is 13.2 Å². The molecule has 0 aliphatic rings. The lowest BCUT2D eigenvalue weighted by atomic mass is 10.0. The molecule has 1 rings (SSSR count). The number of hydrogen-bond acceptors (Lipinski definition) is 3. The van der Waals surface area contributed by atoms with Crippen LogP contribution in [0.5, 0.6) is 5.75 Å². The number of ether oxygens (including phenoxy) is 1. The maximum absolute atomic E-state index is 12.2. The highest BCUT2D eigenvalue weighted by Gasteiger charge is 2.36. The standard InChI is InChI=1S/C16H23NO4/c1-5-12-8-7-9-13(10-12)21-11-14(18)17(6-2)16(3,4)15(19)20/h7-10H,5-6,11H2,1-4H3,(H,19,20). The number of amides is 1. The molecule has 0 unspecified atom stereocenters. The zero-order valence-electron chi connectivity index (χ0n) is 13.0. The number of likely N-dealkylation sites (N-methyl/N-ethyl adjacent to an activating group) is 1. The Morgan fingerprint density at radius 2 is 1.95 bits per heavy atom. The number of rotatable bonds is 7. The fraction of sp³-hybridized carbons (Fsp3) is 0.500. The molecule has 21 heavy (non-hydrogen) atoms. The van der Waals surface area contributed by atoms with Crippen LogP contribution in [-0.2, 0) is 16.0 Å². The first kappa shape index (κ1) is 17.0. The molecule has 0 fully saturated rings. The monoisotopic (exact) mass is 293 g/mol. The molecule has 0 aliphatic carbocycles. The second-order valence-corrected chi connectivity index (χ2v) is 5.29. The smallest absolute Gasteiger partial charge is 0.329 e. The molecule has 0 radical (unpaired) electrons. The number of aliphatic carboxylic acids is 1. The molecule has 116 valence electrons. The predicted molar refractivity (Wildman–Crippen MR) is 80.4 cm³/mol. The van der Waals surface area contributed by atoms with Gasteiger partial charge < -0.3 is 14.7 Å². The summed E-state index contributed by atoms with van der Waals surface area (Å²) < 4.78 is 5.48. The van der Waals surface area contributed by atoms with Crippen LogP contribution in [0.1, 0.15) is 33.3 Å². The molecule has 1 N–H and O–H groups in total. The molecule has 0 saturated carbocycles. The van der Waals surface area contributed by atoms with E-state index in [-0.39, 0.29) is 12.5 Å². The normalized spacial score (nSPS) is 11.0. The lowest BCUT2D eigenvalue weighted by Gasteiger charge is -2.34. The van der Waals surface area contributed by atoms with Gasteiger partial charge in [0.15, 0.2) is 6.61 Å². The number of carboxylic acid groups (broad SMARTS) is 1.